The van der Waals surface area contributed by atoms with Crippen molar-refractivity contribution in [2.75, 3.05) is 13.1 Å². The summed E-state index contributed by atoms with van der Waals surface area (Å²) in [6.07, 6.45) is 3.97. The van der Waals surface area contributed by atoms with Crippen molar-refractivity contribution in [1.82, 2.24) is 20.4 Å². The lowest BCUT2D eigenvalue weighted by Gasteiger charge is -2.26. The number of carbonyl (C=O) groups excluding carboxylic acids is 2. The van der Waals surface area contributed by atoms with E-state index in [1.54, 1.807) is 11.3 Å². The zero-order valence-corrected chi connectivity index (χ0v) is 17.5. The van der Waals surface area contributed by atoms with Gasteiger partial charge in [0.25, 0.3) is 5.91 Å². The Morgan fingerprint density at radius 3 is 2.80 bits per heavy atom. The summed E-state index contributed by atoms with van der Waals surface area (Å²) in [4.78, 5) is 26.8. The highest BCUT2D eigenvalue weighted by Crippen LogP contribution is 2.20. The molecular formula is C22H24N4O3S. The van der Waals surface area contributed by atoms with E-state index in [1.807, 2.05) is 46.0 Å². The van der Waals surface area contributed by atoms with Gasteiger partial charge < -0.3 is 14.6 Å². The quantitative estimate of drug-likeness (QED) is 0.625. The van der Waals surface area contributed by atoms with Crippen molar-refractivity contribution in [3.8, 4) is 11.5 Å². The predicted octanol–water partition coefficient (Wildman–Crippen LogP) is 3.67. The molecular weight excluding hydrogens is 400 g/mol. The zero-order chi connectivity index (χ0) is 20.8. The van der Waals surface area contributed by atoms with Crippen LogP contribution in [0.3, 0.4) is 0 Å². The predicted molar refractivity (Wildman–Crippen MR) is 114 cm³/mol. The fourth-order valence-corrected chi connectivity index (χ4v) is 4.09. The number of piperidine rings is 1. The fraction of sp³-hybridized carbons (Fsp3) is 0.364. The van der Waals surface area contributed by atoms with E-state index in [9.17, 15) is 9.59 Å². The molecule has 30 heavy (non-hydrogen) atoms. The molecule has 0 atom stereocenters. The maximum atomic E-state index is 12.7. The normalized spacial score (nSPS) is 13.9. The monoisotopic (exact) mass is 424 g/mol. The average Bonchev–Trinajstić information content (AvgIpc) is 3.48. The van der Waals surface area contributed by atoms with Gasteiger partial charge in [-0.25, -0.2) is 0 Å². The molecule has 0 spiro atoms. The van der Waals surface area contributed by atoms with Gasteiger partial charge >= 0.3 is 0 Å². The maximum absolute atomic E-state index is 12.7. The number of rotatable bonds is 7. The SMILES string of the molecule is O=C(CCc1nnc(-c2ccsc2)o1)NCc1cccc(C(=O)N2CCCCC2)c1. The van der Waals surface area contributed by atoms with Crippen LogP contribution in [-0.2, 0) is 17.8 Å². The highest BCUT2D eigenvalue weighted by Gasteiger charge is 2.18. The molecule has 1 fully saturated rings. The number of nitrogens with zero attached hydrogens (tertiary/aromatic N) is 3. The van der Waals surface area contributed by atoms with Gasteiger partial charge in [0.15, 0.2) is 0 Å². The molecule has 1 N–H and O–H groups in total. The van der Waals surface area contributed by atoms with E-state index in [0.29, 0.717) is 30.3 Å². The zero-order valence-electron chi connectivity index (χ0n) is 16.7. The highest BCUT2D eigenvalue weighted by molar-refractivity contribution is 7.08. The van der Waals surface area contributed by atoms with Crippen molar-refractivity contribution in [3.05, 3.63) is 58.1 Å². The molecule has 1 saturated heterocycles. The number of amides is 2. The largest absolute Gasteiger partial charge is 0.421 e. The van der Waals surface area contributed by atoms with Crippen LogP contribution in [0.2, 0.25) is 0 Å². The molecule has 2 aromatic heterocycles. The van der Waals surface area contributed by atoms with Gasteiger partial charge in [0, 0.05) is 49.0 Å². The second kappa shape index (κ2) is 9.67. The number of hydrogen-bond acceptors (Lipinski definition) is 6. The van der Waals surface area contributed by atoms with Crippen LogP contribution in [0, 0.1) is 0 Å². The molecule has 0 radical (unpaired) electrons. The number of thiophene rings is 1. The Morgan fingerprint density at radius 1 is 1.13 bits per heavy atom. The van der Waals surface area contributed by atoms with Crippen LogP contribution in [0.4, 0.5) is 0 Å². The first-order chi connectivity index (χ1) is 14.7. The van der Waals surface area contributed by atoms with Crippen LogP contribution in [0.25, 0.3) is 11.5 Å². The van der Waals surface area contributed by atoms with Crippen LogP contribution in [0.15, 0.2) is 45.5 Å². The van der Waals surface area contributed by atoms with E-state index in [1.165, 1.54) is 6.42 Å². The van der Waals surface area contributed by atoms with E-state index in [2.05, 4.69) is 15.5 Å². The molecule has 2 amide bonds. The Labute approximate surface area is 179 Å². The third kappa shape index (κ3) is 5.13. The molecule has 3 heterocycles. The summed E-state index contributed by atoms with van der Waals surface area (Å²) < 4.78 is 5.60. The molecule has 1 aromatic carbocycles. The summed E-state index contributed by atoms with van der Waals surface area (Å²) in [6, 6.07) is 9.39. The summed E-state index contributed by atoms with van der Waals surface area (Å²) in [5.41, 5.74) is 2.47. The minimum Gasteiger partial charge on any atom is -0.421 e. The smallest absolute Gasteiger partial charge is 0.253 e. The first-order valence-corrected chi connectivity index (χ1v) is 11.1. The minimum absolute atomic E-state index is 0.0701. The molecule has 8 heteroatoms. The van der Waals surface area contributed by atoms with Crippen molar-refractivity contribution in [1.29, 1.82) is 0 Å². The summed E-state index contributed by atoms with van der Waals surface area (Å²) in [5, 5.41) is 14.8. The Bertz CT molecular complexity index is 993. The summed E-state index contributed by atoms with van der Waals surface area (Å²) in [5.74, 6) is 0.890. The van der Waals surface area contributed by atoms with Gasteiger partial charge in [0.1, 0.15) is 0 Å². The van der Waals surface area contributed by atoms with Crippen molar-refractivity contribution < 1.29 is 14.0 Å². The van der Waals surface area contributed by atoms with Gasteiger partial charge in [0.2, 0.25) is 17.7 Å². The van der Waals surface area contributed by atoms with Gasteiger partial charge in [-0.1, -0.05) is 12.1 Å². The second-order valence-electron chi connectivity index (χ2n) is 7.34. The van der Waals surface area contributed by atoms with Gasteiger partial charge in [0.05, 0.1) is 0 Å². The lowest BCUT2D eigenvalue weighted by Crippen LogP contribution is -2.35. The van der Waals surface area contributed by atoms with E-state index in [-0.39, 0.29) is 18.2 Å². The van der Waals surface area contributed by atoms with Crippen molar-refractivity contribution in [2.45, 2.75) is 38.6 Å². The van der Waals surface area contributed by atoms with Crippen molar-refractivity contribution in [3.63, 3.8) is 0 Å². The molecule has 0 aliphatic carbocycles. The van der Waals surface area contributed by atoms with Crippen molar-refractivity contribution in [2.24, 2.45) is 0 Å². The van der Waals surface area contributed by atoms with E-state index < -0.39 is 0 Å². The molecule has 7 nitrogen and oxygen atoms in total. The van der Waals surface area contributed by atoms with Crippen LogP contribution in [-0.4, -0.2) is 40.0 Å². The summed E-state index contributed by atoms with van der Waals surface area (Å²) >= 11 is 1.56. The number of carbonyl (C=O) groups is 2. The minimum atomic E-state index is -0.0990. The Balaban J connectivity index is 1.26. The lowest BCUT2D eigenvalue weighted by molar-refractivity contribution is -0.121. The second-order valence-corrected chi connectivity index (χ2v) is 8.12. The molecule has 156 valence electrons. The molecule has 1 aliphatic heterocycles. The van der Waals surface area contributed by atoms with Gasteiger partial charge in [-0.2, -0.15) is 11.3 Å². The maximum Gasteiger partial charge on any atom is 0.253 e. The molecule has 1 aliphatic rings. The topological polar surface area (TPSA) is 88.3 Å². The van der Waals surface area contributed by atoms with Crippen molar-refractivity contribution >= 4 is 23.2 Å². The number of aryl methyl sites for hydroxylation is 1. The van der Waals surface area contributed by atoms with Crippen LogP contribution in [0.1, 0.15) is 47.5 Å². The molecule has 0 unspecified atom stereocenters. The molecule has 0 bridgehead atoms. The van der Waals surface area contributed by atoms with Gasteiger partial charge in [-0.15, -0.1) is 10.2 Å². The van der Waals surface area contributed by atoms with Gasteiger partial charge in [-0.3, -0.25) is 9.59 Å². The standard InChI is InChI=1S/C22H24N4O3S/c27-19(7-8-20-24-25-21(29-20)18-9-12-30-15-18)23-14-16-5-4-6-17(13-16)22(28)26-10-2-1-3-11-26/h4-6,9,12-13,15H,1-3,7-8,10-11,14H2,(H,23,27). The number of benzene rings is 1. The van der Waals surface area contributed by atoms with E-state index in [4.69, 9.17) is 4.42 Å². The third-order valence-electron chi connectivity index (χ3n) is 5.11. The number of hydrogen-bond donors (Lipinski definition) is 1. The number of aromatic nitrogens is 2. The van der Waals surface area contributed by atoms with E-state index in [0.717, 1.165) is 37.1 Å². The molecule has 3 aromatic rings. The van der Waals surface area contributed by atoms with Gasteiger partial charge in [-0.05, 0) is 48.4 Å². The van der Waals surface area contributed by atoms with E-state index >= 15 is 0 Å². The van der Waals surface area contributed by atoms with Crippen LogP contribution < -0.4 is 5.32 Å². The average molecular weight is 425 g/mol. The summed E-state index contributed by atoms with van der Waals surface area (Å²) in [7, 11) is 0. The Hall–Kier alpha value is -3.00. The molecule has 0 saturated carbocycles. The lowest BCUT2D eigenvalue weighted by atomic mass is 10.1. The molecule has 4 rings (SSSR count). The third-order valence-corrected chi connectivity index (χ3v) is 5.79. The first-order valence-electron chi connectivity index (χ1n) is 10.2. The van der Waals surface area contributed by atoms with Crippen LogP contribution in [0.5, 0.6) is 0 Å². The first kappa shape index (κ1) is 20.3. The summed E-state index contributed by atoms with van der Waals surface area (Å²) in [6.45, 7) is 2.02. The number of likely N-dealkylation sites (tertiary alicyclic amines) is 1. The van der Waals surface area contributed by atoms with Crippen LogP contribution >= 0.6 is 11.3 Å². The number of nitrogens with one attached hydrogen (secondary N) is 1. The highest BCUT2D eigenvalue weighted by atomic mass is 32.1. The Morgan fingerprint density at radius 2 is 2.00 bits per heavy atom. The fourth-order valence-electron chi connectivity index (χ4n) is 3.46. The Kier molecular flexibility index (Phi) is 6.53.